The first-order chi connectivity index (χ1) is 9.38. The number of halogens is 3. The van der Waals surface area contributed by atoms with E-state index in [0.29, 0.717) is 6.07 Å². The molecular formula is C11H6F3NO5. The van der Waals surface area contributed by atoms with Crippen molar-refractivity contribution in [1.82, 2.24) is 0 Å². The van der Waals surface area contributed by atoms with Gasteiger partial charge in [0.05, 0.1) is 16.4 Å². The van der Waals surface area contributed by atoms with E-state index in [-0.39, 0.29) is 16.7 Å². The summed E-state index contributed by atoms with van der Waals surface area (Å²) in [6.07, 6.45) is -6.33. The minimum Gasteiger partial charge on any atom is -0.425 e. The van der Waals surface area contributed by atoms with Crippen molar-refractivity contribution in [2.75, 3.05) is 0 Å². The molecular weight excluding hydrogens is 283 g/mol. The van der Waals surface area contributed by atoms with Crippen LogP contribution in [0.2, 0.25) is 0 Å². The van der Waals surface area contributed by atoms with Crippen LogP contribution in [0.3, 0.4) is 0 Å². The summed E-state index contributed by atoms with van der Waals surface area (Å²) in [5, 5.41) is 10.4. The van der Waals surface area contributed by atoms with Crippen molar-refractivity contribution in [1.29, 1.82) is 0 Å². The van der Waals surface area contributed by atoms with Gasteiger partial charge in [0.25, 0.3) is 11.6 Å². The Bertz CT molecular complexity index is 715. The van der Waals surface area contributed by atoms with Crippen molar-refractivity contribution in [2.24, 2.45) is 0 Å². The number of nitro benzene ring substituents is 1. The third-order valence-corrected chi connectivity index (χ3v) is 2.33. The molecule has 0 bridgehead atoms. The quantitative estimate of drug-likeness (QED) is 0.638. The third-order valence-electron chi connectivity index (χ3n) is 2.33. The number of benzene rings is 1. The van der Waals surface area contributed by atoms with Gasteiger partial charge >= 0.3 is 12.8 Å². The van der Waals surface area contributed by atoms with Crippen LogP contribution >= 0.6 is 0 Å². The summed E-state index contributed by atoms with van der Waals surface area (Å²) >= 11 is 0. The van der Waals surface area contributed by atoms with Gasteiger partial charge in [-0.1, -0.05) is 0 Å². The van der Waals surface area contributed by atoms with Crippen molar-refractivity contribution in [3.05, 3.63) is 44.6 Å². The molecule has 0 aliphatic carbocycles. The lowest BCUT2D eigenvalue weighted by Crippen LogP contribution is -2.20. The SMILES string of the molecule is O=c1cc(OC(F)C(F)F)oc2ccc([N+](=O)[O-])cc12. The van der Waals surface area contributed by atoms with E-state index in [1.165, 1.54) is 0 Å². The Kier molecular flexibility index (Phi) is 3.59. The van der Waals surface area contributed by atoms with E-state index in [4.69, 9.17) is 4.42 Å². The zero-order valence-corrected chi connectivity index (χ0v) is 9.59. The van der Waals surface area contributed by atoms with Crippen LogP contribution in [0.5, 0.6) is 5.95 Å². The number of hydrogen-bond acceptors (Lipinski definition) is 5. The maximum Gasteiger partial charge on any atom is 0.304 e. The summed E-state index contributed by atoms with van der Waals surface area (Å²) in [6, 6.07) is 3.75. The molecule has 0 aliphatic rings. The van der Waals surface area contributed by atoms with Crippen molar-refractivity contribution >= 4 is 16.7 Å². The molecule has 106 valence electrons. The van der Waals surface area contributed by atoms with E-state index >= 15 is 0 Å². The van der Waals surface area contributed by atoms with E-state index in [9.17, 15) is 28.1 Å². The van der Waals surface area contributed by atoms with Gasteiger partial charge in [0.15, 0.2) is 5.43 Å². The molecule has 0 N–H and O–H groups in total. The minimum absolute atomic E-state index is 0.139. The van der Waals surface area contributed by atoms with Gasteiger partial charge in [-0.25, -0.2) is 8.78 Å². The van der Waals surface area contributed by atoms with Crippen LogP contribution in [0, 0.1) is 10.1 Å². The molecule has 1 unspecified atom stereocenters. The smallest absolute Gasteiger partial charge is 0.304 e. The van der Waals surface area contributed by atoms with Gasteiger partial charge in [-0.3, -0.25) is 14.9 Å². The number of nitrogens with zero attached hydrogens (tertiary/aromatic N) is 1. The van der Waals surface area contributed by atoms with Gasteiger partial charge < -0.3 is 9.15 Å². The van der Waals surface area contributed by atoms with Crippen LogP contribution in [0.15, 0.2) is 33.5 Å². The monoisotopic (exact) mass is 289 g/mol. The predicted octanol–water partition coefficient (Wildman–Crippen LogP) is 2.64. The van der Waals surface area contributed by atoms with Crippen LogP contribution in [0.4, 0.5) is 18.9 Å². The summed E-state index contributed by atoms with van der Waals surface area (Å²) in [5.41, 5.74) is -1.25. The third kappa shape index (κ3) is 2.71. The molecule has 0 fully saturated rings. The fraction of sp³-hybridized carbons (Fsp3) is 0.182. The first-order valence-electron chi connectivity index (χ1n) is 5.19. The Morgan fingerprint density at radius 2 is 1.95 bits per heavy atom. The number of rotatable bonds is 4. The predicted molar refractivity (Wildman–Crippen MR) is 60.7 cm³/mol. The Balaban J connectivity index is 2.46. The number of ether oxygens (including phenoxy) is 1. The van der Waals surface area contributed by atoms with E-state index in [1.807, 2.05) is 0 Å². The number of nitro groups is 1. The largest absolute Gasteiger partial charge is 0.425 e. The number of fused-ring (bicyclic) bond motifs is 1. The number of alkyl halides is 3. The van der Waals surface area contributed by atoms with Gasteiger partial charge in [0, 0.05) is 12.1 Å². The fourth-order valence-electron chi connectivity index (χ4n) is 1.46. The molecule has 1 aromatic carbocycles. The second-order valence-corrected chi connectivity index (χ2v) is 3.67. The lowest BCUT2D eigenvalue weighted by molar-refractivity contribution is -0.384. The van der Waals surface area contributed by atoms with Crippen LogP contribution < -0.4 is 10.2 Å². The Hall–Kier alpha value is -2.58. The second-order valence-electron chi connectivity index (χ2n) is 3.67. The molecule has 0 spiro atoms. The van der Waals surface area contributed by atoms with E-state index in [2.05, 4.69) is 4.74 Å². The van der Waals surface area contributed by atoms with Gasteiger partial charge in [0.2, 0.25) is 0 Å². The maximum absolute atomic E-state index is 12.7. The maximum atomic E-state index is 12.7. The molecule has 0 saturated carbocycles. The molecule has 1 heterocycles. The topological polar surface area (TPSA) is 82.6 Å². The lowest BCUT2D eigenvalue weighted by Gasteiger charge is -2.09. The number of hydrogen-bond donors (Lipinski definition) is 0. The first kappa shape index (κ1) is 13.8. The average Bonchev–Trinajstić information content (AvgIpc) is 2.38. The second kappa shape index (κ2) is 5.19. The summed E-state index contributed by atoms with van der Waals surface area (Å²) in [6.45, 7) is 0. The van der Waals surface area contributed by atoms with Crippen molar-refractivity contribution in [2.45, 2.75) is 12.8 Å². The van der Waals surface area contributed by atoms with Crippen LogP contribution in [-0.2, 0) is 0 Å². The van der Waals surface area contributed by atoms with Gasteiger partial charge in [-0.15, -0.1) is 0 Å². The summed E-state index contributed by atoms with van der Waals surface area (Å²) in [7, 11) is 0. The Labute approximate surface area is 108 Å². The fourth-order valence-corrected chi connectivity index (χ4v) is 1.46. The molecule has 0 aliphatic heterocycles. The zero-order chi connectivity index (χ0) is 14.9. The van der Waals surface area contributed by atoms with Crippen LogP contribution in [0.25, 0.3) is 11.0 Å². The molecule has 0 radical (unpaired) electrons. The molecule has 0 amide bonds. The summed E-state index contributed by atoms with van der Waals surface area (Å²) in [5.74, 6) is -0.732. The van der Waals surface area contributed by atoms with Gasteiger partial charge in [0.1, 0.15) is 5.58 Å². The molecule has 0 saturated heterocycles. The normalized spacial score (nSPS) is 12.6. The molecule has 1 atom stereocenters. The van der Waals surface area contributed by atoms with Gasteiger partial charge in [-0.05, 0) is 6.07 Å². The highest BCUT2D eigenvalue weighted by atomic mass is 19.3. The average molecular weight is 289 g/mol. The van der Waals surface area contributed by atoms with E-state index in [0.717, 1.165) is 18.2 Å². The highest BCUT2D eigenvalue weighted by Gasteiger charge is 2.22. The molecule has 20 heavy (non-hydrogen) atoms. The van der Waals surface area contributed by atoms with Crippen LogP contribution in [0.1, 0.15) is 0 Å². The van der Waals surface area contributed by atoms with E-state index < -0.39 is 29.1 Å². The zero-order valence-electron chi connectivity index (χ0n) is 9.59. The summed E-state index contributed by atoms with van der Waals surface area (Å²) < 4.78 is 45.6. The van der Waals surface area contributed by atoms with Crippen molar-refractivity contribution in [3.8, 4) is 5.95 Å². The lowest BCUT2D eigenvalue weighted by atomic mass is 10.2. The highest BCUT2D eigenvalue weighted by molar-refractivity contribution is 5.79. The van der Waals surface area contributed by atoms with Crippen molar-refractivity contribution < 1.29 is 27.2 Å². The number of non-ortho nitro benzene ring substituents is 1. The molecule has 6 nitrogen and oxygen atoms in total. The molecule has 9 heteroatoms. The molecule has 1 aromatic heterocycles. The minimum atomic E-state index is -3.40. The highest BCUT2D eigenvalue weighted by Crippen LogP contribution is 2.23. The summed E-state index contributed by atoms with van der Waals surface area (Å²) in [4.78, 5) is 21.5. The van der Waals surface area contributed by atoms with Crippen molar-refractivity contribution in [3.63, 3.8) is 0 Å². The molecule has 2 aromatic rings. The standard InChI is InChI=1S/C11H6F3NO5/c12-10(13)11(14)20-9-4-7(16)6-3-5(15(17)18)1-2-8(6)19-9/h1-4,10-11H. The molecule has 2 rings (SSSR count). The van der Waals surface area contributed by atoms with Gasteiger partial charge in [-0.2, -0.15) is 4.39 Å². The van der Waals surface area contributed by atoms with E-state index in [1.54, 1.807) is 0 Å². The first-order valence-corrected chi connectivity index (χ1v) is 5.19. The van der Waals surface area contributed by atoms with Crippen LogP contribution in [-0.4, -0.2) is 17.7 Å². The Morgan fingerprint density at radius 3 is 2.55 bits per heavy atom. The Morgan fingerprint density at radius 1 is 1.25 bits per heavy atom.